The Morgan fingerprint density at radius 2 is 1.70 bits per heavy atom. The molecule has 7 heteroatoms. The highest BCUT2D eigenvalue weighted by Crippen LogP contribution is 2.38. The first-order valence-corrected chi connectivity index (χ1v) is 7.81. The normalized spacial score (nSPS) is 15.5. The lowest BCUT2D eigenvalue weighted by Gasteiger charge is -2.19. The summed E-state index contributed by atoms with van der Waals surface area (Å²) in [6.45, 7) is 0.936. The van der Waals surface area contributed by atoms with Crippen LogP contribution in [0.1, 0.15) is 0 Å². The molecule has 1 fully saturated rings. The minimum absolute atomic E-state index is 0.108. The predicted octanol–water partition coefficient (Wildman–Crippen LogP) is 4.26. The maximum Gasteiger partial charge on any atom is 0.135 e. The molecule has 0 aliphatic carbocycles. The van der Waals surface area contributed by atoms with Gasteiger partial charge >= 0.3 is 0 Å². The van der Waals surface area contributed by atoms with E-state index in [0.717, 1.165) is 11.3 Å². The van der Waals surface area contributed by atoms with Gasteiger partial charge in [-0.1, -0.05) is 34.8 Å². The van der Waals surface area contributed by atoms with E-state index in [2.05, 4.69) is 0 Å². The zero-order valence-corrected chi connectivity index (χ0v) is 14.8. The molecule has 1 saturated heterocycles. The smallest absolute Gasteiger partial charge is 0.135 e. The first kappa shape index (κ1) is 17.5. The van der Waals surface area contributed by atoms with Crippen LogP contribution in [0.15, 0.2) is 35.1 Å². The third-order valence-electron chi connectivity index (χ3n) is 3.37. The molecular formula is C16H13Cl3N4. The quantitative estimate of drug-likeness (QED) is 0.579. The molecule has 1 aliphatic heterocycles. The molecule has 0 N–H and O–H groups in total. The van der Waals surface area contributed by atoms with Crippen molar-refractivity contribution >= 4 is 40.5 Å². The molecule has 118 valence electrons. The third kappa shape index (κ3) is 3.74. The van der Waals surface area contributed by atoms with Gasteiger partial charge in [-0.3, -0.25) is 0 Å². The molecule has 0 bridgehead atoms. The summed E-state index contributed by atoms with van der Waals surface area (Å²) < 4.78 is 0. The summed E-state index contributed by atoms with van der Waals surface area (Å²) in [6, 6.07) is 7.20. The summed E-state index contributed by atoms with van der Waals surface area (Å²) in [4.78, 5) is 3.84. The van der Waals surface area contributed by atoms with Gasteiger partial charge in [0.15, 0.2) is 0 Å². The molecule has 0 spiro atoms. The first-order chi connectivity index (χ1) is 10.9. The van der Waals surface area contributed by atoms with E-state index in [9.17, 15) is 10.5 Å². The van der Waals surface area contributed by atoms with Gasteiger partial charge in [0.25, 0.3) is 0 Å². The lowest BCUT2D eigenvalue weighted by Crippen LogP contribution is -2.19. The van der Waals surface area contributed by atoms with Crippen molar-refractivity contribution in [3.63, 3.8) is 0 Å². The monoisotopic (exact) mass is 366 g/mol. The number of hydrogen-bond donors (Lipinski definition) is 0. The van der Waals surface area contributed by atoms with E-state index < -0.39 is 0 Å². The van der Waals surface area contributed by atoms with Crippen LogP contribution < -0.4 is 4.90 Å². The van der Waals surface area contributed by atoms with E-state index in [4.69, 9.17) is 34.8 Å². The standard InChI is InChI=1S/C16H13Cl3N4/c1-22(2)7-11-8-23(9-12(11)10(5-20)6-21)16-4-14(18)13(17)3-15(16)19/h3-4,7H,8-9H2,1-2H3. The SMILES string of the molecule is CN(C)C=C1CN(c2cc(Cl)c(Cl)cc2Cl)CC1=C(C#N)C#N. The molecule has 0 atom stereocenters. The van der Waals surface area contributed by atoms with Gasteiger partial charge in [-0.15, -0.1) is 0 Å². The van der Waals surface area contributed by atoms with E-state index in [1.54, 1.807) is 12.1 Å². The Morgan fingerprint density at radius 1 is 1.09 bits per heavy atom. The molecule has 0 amide bonds. The van der Waals surface area contributed by atoms with Gasteiger partial charge in [0.05, 0.1) is 20.8 Å². The second-order valence-corrected chi connectivity index (χ2v) is 6.49. The van der Waals surface area contributed by atoms with Gasteiger partial charge in [-0.25, -0.2) is 0 Å². The average Bonchev–Trinajstić information content (AvgIpc) is 2.87. The maximum atomic E-state index is 9.18. The van der Waals surface area contributed by atoms with Crippen LogP contribution in [0.2, 0.25) is 15.1 Å². The Hall–Kier alpha value is -1.85. The number of hydrogen-bond acceptors (Lipinski definition) is 4. The number of anilines is 1. The van der Waals surface area contributed by atoms with Gasteiger partial charge in [-0.2, -0.15) is 10.5 Å². The number of benzene rings is 1. The molecule has 1 aliphatic rings. The summed E-state index contributed by atoms with van der Waals surface area (Å²) >= 11 is 18.3. The van der Waals surface area contributed by atoms with Crippen molar-refractivity contribution in [3.8, 4) is 12.1 Å². The number of rotatable bonds is 2. The van der Waals surface area contributed by atoms with E-state index in [0.29, 0.717) is 33.7 Å². The van der Waals surface area contributed by atoms with E-state index in [1.807, 2.05) is 42.2 Å². The van der Waals surface area contributed by atoms with Crippen LogP contribution in [-0.2, 0) is 0 Å². The maximum absolute atomic E-state index is 9.18. The fraction of sp³-hybridized carbons (Fsp3) is 0.250. The second-order valence-electron chi connectivity index (χ2n) is 5.27. The van der Waals surface area contributed by atoms with Gasteiger partial charge < -0.3 is 9.80 Å². The predicted molar refractivity (Wildman–Crippen MR) is 93.7 cm³/mol. The number of halogens is 3. The van der Waals surface area contributed by atoms with Crippen LogP contribution in [0.25, 0.3) is 0 Å². The highest BCUT2D eigenvalue weighted by Gasteiger charge is 2.27. The highest BCUT2D eigenvalue weighted by molar-refractivity contribution is 6.44. The van der Waals surface area contributed by atoms with Gasteiger partial charge in [0, 0.05) is 39.0 Å². The van der Waals surface area contributed by atoms with Crippen molar-refractivity contribution in [1.29, 1.82) is 10.5 Å². The Morgan fingerprint density at radius 3 is 2.26 bits per heavy atom. The van der Waals surface area contributed by atoms with E-state index in [-0.39, 0.29) is 5.57 Å². The highest BCUT2D eigenvalue weighted by atomic mass is 35.5. The fourth-order valence-electron chi connectivity index (χ4n) is 2.40. The minimum Gasteiger partial charge on any atom is -0.383 e. The first-order valence-electron chi connectivity index (χ1n) is 6.67. The molecule has 0 aromatic heterocycles. The summed E-state index contributed by atoms with van der Waals surface area (Å²) in [5.41, 5.74) is 2.42. The van der Waals surface area contributed by atoms with Crippen LogP contribution in [0.3, 0.4) is 0 Å². The average molecular weight is 368 g/mol. The van der Waals surface area contributed by atoms with Gasteiger partial charge in [0.2, 0.25) is 0 Å². The van der Waals surface area contributed by atoms with Crippen LogP contribution in [0, 0.1) is 22.7 Å². The van der Waals surface area contributed by atoms with Crippen molar-refractivity contribution in [1.82, 2.24) is 4.90 Å². The lowest BCUT2D eigenvalue weighted by molar-refractivity contribution is 0.559. The summed E-state index contributed by atoms with van der Waals surface area (Å²) in [5.74, 6) is 0. The van der Waals surface area contributed by atoms with Crippen molar-refractivity contribution in [2.24, 2.45) is 0 Å². The molecule has 0 saturated carbocycles. The molecule has 1 aromatic carbocycles. The van der Waals surface area contributed by atoms with Crippen molar-refractivity contribution in [3.05, 3.63) is 50.1 Å². The molecule has 1 heterocycles. The van der Waals surface area contributed by atoms with Crippen LogP contribution in [-0.4, -0.2) is 32.1 Å². The van der Waals surface area contributed by atoms with Crippen molar-refractivity contribution < 1.29 is 0 Å². The van der Waals surface area contributed by atoms with Crippen molar-refractivity contribution in [2.45, 2.75) is 0 Å². The Kier molecular flexibility index (Phi) is 5.44. The summed E-state index contributed by atoms with van der Waals surface area (Å²) in [7, 11) is 3.77. The van der Waals surface area contributed by atoms with Crippen LogP contribution in [0.5, 0.6) is 0 Å². The van der Waals surface area contributed by atoms with Crippen LogP contribution >= 0.6 is 34.8 Å². The third-order valence-corrected chi connectivity index (χ3v) is 4.39. The number of allylic oxidation sites excluding steroid dienone is 1. The Bertz CT molecular complexity index is 766. The molecule has 2 rings (SSSR count). The van der Waals surface area contributed by atoms with Crippen molar-refractivity contribution in [2.75, 3.05) is 32.1 Å². The molecule has 1 aromatic rings. The second kappa shape index (κ2) is 7.15. The summed E-state index contributed by atoms with van der Waals surface area (Å²) in [6.07, 6.45) is 1.90. The molecule has 23 heavy (non-hydrogen) atoms. The Labute approximate surface area is 150 Å². The molecule has 4 nitrogen and oxygen atoms in total. The summed E-state index contributed by atoms with van der Waals surface area (Å²) in [5, 5.41) is 19.6. The lowest BCUT2D eigenvalue weighted by atomic mass is 10.1. The topological polar surface area (TPSA) is 54.1 Å². The molecular weight excluding hydrogens is 355 g/mol. The number of nitrogens with zero attached hydrogens (tertiary/aromatic N) is 4. The van der Waals surface area contributed by atoms with Gasteiger partial charge in [-0.05, 0) is 17.7 Å². The largest absolute Gasteiger partial charge is 0.383 e. The fourth-order valence-corrected chi connectivity index (χ4v) is 3.06. The minimum atomic E-state index is 0.108. The van der Waals surface area contributed by atoms with E-state index in [1.165, 1.54) is 0 Å². The van der Waals surface area contributed by atoms with E-state index >= 15 is 0 Å². The van der Waals surface area contributed by atoms with Crippen LogP contribution in [0.4, 0.5) is 5.69 Å². The molecule has 0 radical (unpaired) electrons. The zero-order chi connectivity index (χ0) is 17.1. The zero-order valence-electron chi connectivity index (χ0n) is 12.6. The molecule has 0 unspecified atom stereocenters. The van der Waals surface area contributed by atoms with Gasteiger partial charge in [0.1, 0.15) is 17.7 Å². The Balaban J connectivity index is 2.50. The number of nitriles is 2.